The van der Waals surface area contributed by atoms with E-state index in [9.17, 15) is 18.0 Å². The first-order valence-corrected chi connectivity index (χ1v) is 6.09. The highest BCUT2D eigenvalue weighted by Gasteiger charge is 2.16. The van der Waals surface area contributed by atoms with Gasteiger partial charge in [-0.2, -0.15) is 0 Å². The minimum Gasteiger partial charge on any atom is -0.495 e. The number of carbonyl (C=O) groups is 1. The number of carbonyl (C=O) groups excluding carboxylic acids is 1. The molecule has 2 aromatic carbocycles. The Balaban J connectivity index is 2.32. The van der Waals surface area contributed by atoms with Gasteiger partial charge < -0.3 is 10.1 Å². The van der Waals surface area contributed by atoms with E-state index in [1.54, 1.807) is 6.07 Å². The van der Waals surface area contributed by atoms with E-state index in [1.165, 1.54) is 19.2 Å². The van der Waals surface area contributed by atoms with Crippen molar-refractivity contribution in [3.8, 4) is 5.75 Å². The molecule has 0 aromatic heterocycles. The molecule has 0 saturated heterocycles. The van der Waals surface area contributed by atoms with Crippen molar-refractivity contribution in [2.75, 3.05) is 12.4 Å². The largest absolute Gasteiger partial charge is 0.495 e. The molecule has 0 fully saturated rings. The van der Waals surface area contributed by atoms with E-state index in [-0.39, 0.29) is 11.3 Å². The molecule has 0 unspecified atom stereocenters. The van der Waals surface area contributed by atoms with E-state index >= 15 is 0 Å². The van der Waals surface area contributed by atoms with Gasteiger partial charge in [-0.3, -0.25) is 4.79 Å². The lowest BCUT2D eigenvalue weighted by Gasteiger charge is -2.11. The quantitative estimate of drug-likeness (QED) is 0.869. The zero-order valence-electron chi connectivity index (χ0n) is 10.7. The average molecular weight is 316 g/mol. The molecule has 0 saturated carbocycles. The van der Waals surface area contributed by atoms with Gasteiger partial charge in [0.2, 0.25) is 0 Å². The lowest BCUT2D eigenvalue weighted by Crippen LogP contribution is -2.14. The number of hydrogen-bond donors (Lipinski definition) is 1. The third-order valence-corrected chi connectivity index (χ3v) is 2.89. The molecule has 0 aliphatic heterocycles. The molecule has 7 heteroatoms. The summed E-state index contributed by atoms with van der Waals surface area (Å²) >= 11 is 5.80. The zero-order chi connectivity index (χ0) is 15.6. The Morgan fingerprint density at radius 2 is 1.76 bits per heavy atom. The van der Waals surface area contributed by atoms with Gasteiger partial charge in [0, 0.05) is 10.6 Å². The third kappa shape index (κ3) is 3.28. The van der Waals surface area contributed by atoms with E-state index < -0.39 is 23.4 Å². The molecule has 1 N–H and O–H groups in total. The molecule has 2 aromatic rings. The highest BCUT2D eigenvalue weighted by atomic mass is 35.5. The van der Waals surface area contributed by atoms with Crippen molar-refractivity contribution in [2.45, 2.75) is 0 Å². The average Bonchev–Trinajstić information content (AvgIpc) is 2.44. The van der Waals surface area contributed by atoms with Gasteiger partial charge >= 0.3 is 0 Å². The number of nitrogens with one attached hydrogen (secondary N) is 1. The summed E-state index contributed by atoms with van der Waals surface area (Å²) in [6.07, 6.45) is 0. The van der Waals surface area contributed by atoms with Crippen LogP contribution in [0.1, 0.15) is 10.4 Å². The zero-order valence-corrected chi connectivity index (χ0v) is 11.5. The maximum Gasteiger partial charge on any atom is 0.255 e. The van der Waals surface area contributed by atoms with E-state index in [0.717, 1.165) is 0 Å². The summed E-state index contributed by atoms with van der Waals surface area (Å²) in [5, 5.41) is 2.72. The van der Waals surface area contributed by atoms with Gasteiger partial charge in [-0.25, -0.2) is 13.2 Å². The van der Waals surface area contributed by atoms with Crippen LogP contribution < -0.4 is 10.1 Å². The van der Waals surface area contributed by atoms with Crippen LogP contribution in [0.4, 0.5) is 18.9 Å². The van der Waals surface area contributed by atoms with Crippen LogP contribution in [-0.2, 0) is 0 Å². The smallest absolute Gasteiger partial charge is 0.255 e. The van der Waals surface area contributed by atoms with Crippen LogP contribution in [0.5, 0.6) is 5.75 Å². The highest BCUT2D eigenvalue weighted by molar-refractivity contribution is 6.31. The molecular weight excluding hydrogens is 307 g/mol. The Kier molecular flexibility index (Phi) is 4.37. The second-order valence-corrected chi connectivity index (χ2v) is 4.49. The molecule has 110 valence electrons. The van der Waals surface area contributed by atoms with Crippen molar-refractivity contribution < 1.29 is 22.7 Å². The van der Waals surface area contributed by atoms with Gasteiger partial charge in [-0.1, -0.05) is 11.6 Å². The standard InChI is InChI=1S/C14H9ClF3NO2/c1-21-12-3-2-8(15)6-11(12)19-14(20)7-4-9(16)13(18)10(17)5-7/h2-6H,1H3,(H,19,20). The Morgan fingerprint density at radius 1 is 1.14 bits per heavy atom. The van der Waals surface area contributed by atoms with Crippen molar-refractivity contribution in [3.63, 3.8) is 0 Å². The molecule has 0 atom stereocenters. The predicted octanol–water partition coefficient (Wildman–Crippen LogP) is 4.02. The monoisotopic (exact) mass is 315 g/mol. The number of ether oxygens (including phenoxy) is 1. The van der Waals surface area contributed by atoms with Crippen LogP contribution in [0.3, 0.4) is 0 Å². The number of methoxy groups -OCH3 is 1. The van der Waals surface area contributed by atoms with Crippen molar-refractivity contribution in [1.82, 2.24) is 0 Å². The topological polar surface area (TPSA) is 38.3 Å². The van der Waals surface area contributed by atoms with Crippen molar-refractivity contribution in [1.29, 1.82) is 0 Å². The van der Waals surface area contributed by atoms with Crippen LogP contribution >= 0.6 is 11.6 Å². The summed E-state index contributed by atoms with van der Waals surface area (Å²) in [6.45, 7) is 0. The second kappa shape index (κ2) is 6.05. The molecule has 2 rings (SSSR count). The minimum absolute atomic E-state index is 0.222. The Bertz CT molecular complexity index is 684. The molecular formula is C14H9ClF3NO2. The maximum absolute atomic E-state index is 13.1. The first-order chi connectivity index (χ1) is 9.92. The molecule has 21 heavy (non-hydrogen) atoms. The van der Waals surface area contributed by atoms with E-state index in [4.69, 9.17) is 16.3 Å². The van der Waals surface area contributed by atoms with E-state index in [2.05, 4.69) is 5.32 Å². The SMILES string of the molecule is COc1ccc(Cl)cc1NC(=O)c1cc(F)c(F)c(F)c1. The van der Waals surface area contributed by atoms with Gasteiger partial charge in [0.15, 0.2) is 17.5 Å². The first kappa shape index (κ1) is 15.2. The fourth-order valence-corrected chi connectivity index (χ4v) is 1.83. The number of anilines is 1. The number of halogens is 4. The van der Waals surface area contributed by atoms with Gasteiger partial charge in [0.05, 0.1) is 12.8 Å². The van der Waals surface area contributed by atoms with E-state index in [1.807, 2.05) is 0 Å². The number of rotatable bonds is 3. The van der Waals surface area contributed by atoms with Gasteiger partial charge in [-0.15, -0.1) is 0 Å². The fraction of sp³-hybridized carbons (Fsp3) is 0.0714. The van der Waals surface area contributed by atoms with Gasteiger partial charge in [0.25, 0.3) is 5.91 Å². The van der Waals surface area contributed by atoms with Crippen LogP contribution in [0.2, 0.25) is 5.02 Å². The molecule has 3 nitrogen and oxygen atoms in total. The van der Waals surface area contributed by atoms with Crippen molar-refractivity contribution in [2.24, 2.45) is 0 Å². The molecule has 0 aliphatic carbocycles. The summed E-state index contributed by atoms with van der Waals surface area (Å²) in [5.74, 6) is -5.03. The van der Waals surface area contributed by atoms with Crippen LogP contribution in [0.25, 0.3) is 0 Å². The molecule has 0 heterocycles. The van der Waals surface area contributed by atoms with Crippen molar-refractivity contribution in [3.05, 3.63) is 58.4 Å². The number of hydrogen-bond acceptors (Lipinski definition) is 2. The molecule has 0 spiro atoms. The predicted molar refractivity (Wildman–Crippen MR) is 72.3 cm³/mol. The Morgan fingerprint density at radius 3 is 2.33 bits per heavy atom. The van der Waals surface area contributed by atoms with Crippen LogP contribution in [0.15, 0.2) is 30.3 Å². The third-order valence-electron chi connectivity index (χ3n) is 2.66. The summed E-state index contributed by atoms with van der Waals surface area (Å²) in [5.41, 5.74) is -0.145. The highest BCUT2D eigenvalue weighted by Crippen LogP contribution is 2.28. The van der Waals surface area contributed by atoms with Gasteiger partial charge in [0.1, 0.15) is 5.75 Å². The molecule has 1 amide bonds. The molecule has 0 radical (unpaired) electrons. The molecule has 0 aliphatic rings. The maximum atomic E-state index is 13.1. The lowest BCUT2D eigenvalue weighted by atomic mass is 10.2. The number of benzene rings is 2. The summed E-state index contributed by atoms with van der Waals surface area (Å²) < 4.78 is 44.1. The second-order valence-electron chi connectivity index (χ2n) is 4.05. The first-order valence-electron chi connectivity index (χ1n) is 5.72. The van der Waals surface area contributed by atoms with Crippen LogP contribution in [0, 0.1) is 17.5 Å². The summed E-state index contributed by atoms with van der Waals surface area (Å²) in [6, 6.07) is 5.68. The van der Waals surface area contributed by atoms with Gasteiger partial charge in [-0.05, 0) is 30.3 Å². The Labute approximate surface area is 123 Å². The summed E-state index contributed by atoms with van der Waals surface area (Å²) in [4.78, 5) is 11.9. The Hall–Kier alpha value is -2.21. The number of amides is 1. The normalized spacial score (nSPS) is 10.3. The molecule has 0 bridgehead atoms. The minimum atomic E-state index is -1.63. The lowest BCUT2D eigenvalue weighted by molar-refractivity contribution is 0.102. The summed E-state index contributed by atoms with van der Waals surface area (Å²) in [7, 11) is 1.39. The van der Waals surface area contributed by atoms with Crippen molar-refractivity contribution >= 4 is 23.2 Å². The fourth-order valence-electron chi connectivity index (χ4n) is 1.66. The van der Waals surface area contributed by atoms with E-state index in [0.29, 0.717) is 22.9 Å². The van der Waals surface area contributed by atoms with Crippen LogP contribution in [-0.4, -0.2) is 13.0 Å².